The van der Waals surface area contributed by atoms with Crippen molar-refractivity contribution in [3.63, 3.8) is 0 Å². The molecule has 0 aromatic rings. The lowest BCUT2D eigenvalue weighted by atomic mass is 10.2. The number of unbranched alkanes of at least 4 members (excludes halogenated alkanes) is 3. The molecule has 0 aliphatic carbocycles. The second-order valence-corrected chi connectivity index (χ2v) is 9.03. The Labute approximate surface area is 119 Å². The topological polar surface area (TPSA) is 58.6 Å². The van der Waals surface area contributed by atoms with Crippen LogP contribution in [0.4, 0.5) is 0 Å². The number of hydrogen-bond acceptors (Lipinski definition) is 4. The Hall–Kier alpha value is 0.390. The van der Waals surface area contributed by atoms with E-state index in [0.29, 0.717) is 13.0 Å². The molecule has 2 N–H and O–H groups in total. The van der Waals surface area contributed by atoms with Gasteiger partial charge in [-0.2, -0.15) is 11.8 Å². The highest BCUT2D eigenvalue weighted by Gasteiger charge is 2.03. The van der Waals surface area contributed by atoms with Gasteiger partial charge in [-0.25, -0.2) is 0 Å². The molecule has 0 aromatic heterocycles. The average Bonchev–Trinajstić information content (AvgIpc) is 2.28. The van der Waals surface area contributed by atoms with Gasteiger partial charge in [0.15, 0.2) is 6.49 Å². The Balaban J connectivity index is 3.21. The molecule has 1 amide bonds. The number of rotatable bonds is 11. The molecule has 0 aromatic carbocycles. The zero-order valence-corrected chi connectivity index (χ0v) is 13.7. The number of nitrogens with one attached hydrogen (secondary N) is 1. The van der Waals surface area contributed by atoms with Crippen LogP contribution in [0.25, 0.3) is 0 Å². The van der Waals surface area contributed by atoms with Crippen molar-refractivity contribution in [1.29, 1.82) is 0 Å². The van der Waals surface area contributed by atoms with Gasteiger partial charge in [-0.1, -0.05) is 12.8 Å². The first-order valence-corrected chi connectivity index (χ1v) is 10.7. The molecule has 0 fully saturated rings. The number of carbonyl (C=O) groups is 1. The van der Waals surface area contributed by atoms with Crippen LogP contribution in [-0.2, 0) is 21.1 Å². The molecule has 1 unspecified atom stereocenters. The Morgan fingerprint density at radius 2 is 2.06 bits per heavy atom. The van der Waals surface area contributed by atoms with E-state index in [-0.39, 0.29) is 5.91 Å². The standard InChI is InChI=1S/C11H24NO3PS2/c1-16(14,17)15-9-6-4-3-5-8-12-11(13)7-10-18-2/h3-10H2,1-2H3,(H,12,13)(H,14,17). The normalized spacial score (nSPS) is 14.2. The van der Waals surface area contributed by atoms with E-state index < -0.39 is 6.49 Å². The van der Waals surface area contributed by atoms with E-state index in [0.717, 1.165) is 38.0 Å². The van der Waals surface area contributed by atoms with E-state index >= 15 is 0 Å². The van der Waals surface area contributed by atoms with Crippen LogP contribution >= 0.6 is 18.3 Å². The fourth-order valence-electron chi connectivity index (χ4n) is 1.33. The van der Waals surface area contributed by atoms with Gasteiger partial charge in [-0.05, 0) is 30.9 Å². The van der Waals surface area contributed by atoms with Crippen molar-refractivity contribution in [2.45, 2.75) is 32.1 Å². The summed E-state index contributed by atoms with van der Waals surface area (Å²) >= 11 is 6.45. The second kappa shape index (κ2) is 11.2. The van der Waals surface area contributed by atoms with Crippen molar-refractivity contribution < 1.29 is 14.2 Å². The van der Waals surface area contributed by atoms with Gasteiger partial charge in [0.25, 0.3) is 0 Å². The smallest absolute Gasteiger partial charge is 0.220 e. The number of hydrogen-bond donors (Lipinski definition) is 2. The highest BCUT2D eigenvalue weighted by molar-refractivity contribution is 8.09. The highest BCUT2D eigenvalue weighted by atomic mass is 32.5. The van der Waals surface area contributed by atoms with Crippen LogP contribution in [0.1, 0.15) is 32.1 Å². The predicted octanol–water partition coefficient (Wildman–Crippen LogP) is 2.36. The lowest BCUT2D eigenvalue weighted by Gasteiger charge is -2.09. The third-order valence-electron chi connectivity index (χ3n) is 2.26. The quantitative estimate of drug-likeness (QED) is 0.453. The van der Waals surface area contributed by atoms with Crippen molar-refractivity contribution >= 4 is 36.0 Å². The molecular weight excluding hydrogens is 289 g/mol. The Morgan fingerprint density at radius 1 is 1.39 bits per heavy atom. The molecule has 18 heavy (non-hydrogen) atoms. The first kappa shape index (κ1) is 18.4. The van der Waals surface area contributed by atoms with Gasteiger partial charge < -0.3 is 14.7 Å². The summed E-state index contributed by atoms with van der Waals surface area (Å²) in [5, 5.41) is 2.90. The monoisotopic (exact) mass is 313 g/mol. The van der Waals surface area contributed by atoms with Crippen LogP contribution in [0, 0.1) is 0 Å². The summed E-state index contributed by atoms with van der Waals surface area (Å²) in [6, 6.07) is 0. The maximum absolute atomic E-state index is 11.3. The fraction of sp³-hybridized carbons (Fsp3) is 0.909. The van der Waals surface area contributed by atoms with E-state index in [1.165, 1.54) is 0 Å². The van der Waals surface area contributed by atoms with Gasteiger partial charge in [-0.3, -0.25) is 4.79 Å². The lowest BCUT2D eigenvalue weighted by molar-refractivity contribution is -0.120. The number of thioether (sulfide) groups is 1. The third kappa shape index (κ3) is 14.5. The maximum atomic E-state index is 11.3. The molecule has 0 heterocycles. The van der Waals surface area contributed by atoms with E-state index in [1.807, 2.05) is 6.26 Å². The minimum Gasteiger partial charge on any atom is -0.356 e. The fourth-order valence-corrected chi connectivity index (χ4v) is 2.41. The van der Waals surface area contributed by atoms with Crippen LogP contribution in [0.2, 0.25) is 0 Å². The van der Waals surface area contributed by atoms with Crippen molar-refractivity contribution in [2.24, 2.45) is 0 Å². The maximum Gasteiger partial charge on any atom is 0.220 e. The van der Waals surface area contributed by atoms with Crippen LogP contribution in [0.5, 0.6) is 0 Å². The summed E-state index contributed by atoms with van der Waals surface area (Å²) in [5.41, 5.74) is 0. The van der Waals surface area contributed by atoms with Crippen molar-refractivity contribution in [3.05, 3.63) is 0 Å². The van der Waals surface area contributed by atoms with Gasteiger partial charge >= 0.3 is 0 Å². The second-order valence-electron chi connectivity index (χ2n) is 4.14. The molecule has 0 saturated heterocycles. The van der Waals surface area contributed by atoms with Crippen LogP contribution in [0.15, 0.2) is 0 Å². The minimum absolute atomic E-state index is 0.139. The van der Waals surface area contributed by atoms with E-state index in [4.69, 9.17) is 16.3 Å². The zero-order valence-electron chi connectivity index (χ0n) is 11.2. The molecule has 0 aliphatic heterocycles. The summed E-state index contributed by atoms with van der Waals surface area (Å²) < 4.78 is 5.13. The third-order valence-corrected chi connectivity index (χ3v) is 3.85. The largest absolute Gasteiger partial charge is 0.356 e. The van der Waals surface area contributed by atoms with Crippen molar-refractivity contribution in [1.82, 2.24) is 5.32 Å². The van der Waals surface area contributed by atoms with Crippen molar-refractivity contribution in [3.8, 4) is 0 Å². The number of carbonyl (C=O) groups excluding carboxylic acids is 1. The first-order valence-electron chi connectivity index (χ1n) is 6.16. The van der Waals surface area contributed by atoms with Crippen LogP contribution in [-0.4, -0.2) is 42.6 Å². The molecule has 108 valence electrons. The van der Waals surface area contributed by atoms with Crippen molar-refractivity contribution in [2.75, 3.05) is 31.8 Å². The summed E-state index contributed by atoms with van der Waals surface area (Å²) in [4.78, 5) is 20.5. The highest BCUT2D eigenvalue weighted by Crippen LogP contribution is 2.37. The SMILES string of the molecule is CSCCC(=O)NCCCCCCOP(C)(O)=S. The van der Waals surface area contributed by atoms with Gasteiger partial charge in [0.05, 0.1) is 6.61 Å². The Morgan fingerprint density at radius 3 is 2.67 bits per heavy atom. The summed E-state index contributed by atoms with van der Waals surface area (Å²) in [6.07, 6.45) is 6.60. The molecule has 0 saturated carbocycles. The van der Waals surface area contributed by atoms with Gasteiger partial charge in [0, 0.05) is 25.4 Å². The minimum atomic E-state index is -2.48. The molecule has 7 heteroatoms. The summed E-state index contributed by atoms with van der Waals surface area (Å²) in [6.45, 7) is 0.367. The van der Waals surface area contributed by atoms with E-state index in [1.54, 1.807) is 18.4 Å². The molecule has 0 radical (unpaired) electrons. The van der Waals surface area contributed by atoms with E-state index in [2.05, 4.69) is 5.32 Å². The summed E-state index contributed by atoms with van der Waals surface area (Å²) in [7, 11) is 0. The predicted molar refractivity (Wildman–Crippen MR) is 82.9 cm³/mol. The average molecular weight is 313 g/mol. The molecule has 4 nitrogen and oxygen atoms in total. The van der Waals surface area contributed by atoms with E-state index in [9.17, 15) is 9.69 Å². The van der Waals surface area contributed by atoms with Crippen LogP contribution < -0.4 is 5.32 Å². The van der Waals surface area contributed by atoms with Gasteiger partial charge in [-0.15, -0.1) is 0 Å². The molecule has 0 rings (SSSR count). The molecule has 0 spiro atoms. The summed E-state index contributed by atoms with van der Waals surface area (Å²) in [5.74, 6) is 1.02. The molecule has 1 atom stereocenters. The Kier molecular flexibility index (Phi) is 11.5. The zero-order chi connectivity index (χ0) is 13.9. The molecule has 0 bridgehead atoms. The molecule has 0 aliphatic rings. The number of amides is 1. The lowest BCUT2D eigenvalue weighted by Crippen LogP contribution is -2.24. The molecular formula is C11H24NO3PS2. The van der Waals surface area contributed by atoms with Gasteiger partial charge in [0.2, 0.25) is 5.91 Å². The Bertz CT molecular complexity index is 271. The first-order chi connectivity index (χ1) is 8.45. The van der Waals surface area contributed by atoms with Crippen LogP contribution in [0.3, 0.4) is 0 Å². The van der Waals surface area contributed by atoms with Gasteiger partial charge in [0.1, 0.15) is 0 Å².